The van der Waals surface area contributed by atoms with E-state index in [2.05, 4.69) is 70.5 Å². The Morgan fingerprint density at radius 1 is 1.20 bits per heavy atom. The maximum Gasteiger partial charge on any atom is 0.174 e. The van der Waals surface area contributed by atoms with Crippen LogP contribution in [0, 0.1) is 0 Å². The Morgan fingerprint density at radius 3 is 2.48 bits per heavy atom. The van der Waals surface area contributed by atoms with Crippen LogP contribution >= 0.6 is 23.7 Å². The molecule has 0 radical (unpaired) electrons. The van der Waals surface area contributed by atoms with Crippen LogP contribution in [-0.4, -0.2) is 62.7 Å². The van der Waals surface area contributed by atoms with Gasteiger partial charge in [-0.3, -0.25) is 4.90 Å². The Hall–Kier alpha value is -1.02. The molecule has 1 fully saturated rings. The first-order chi connectivity index (χ1) is 11.6. The van der Waals surface area contributed by atoms with Gasteiger partial charge in [0.2, 0.25) is 0 Å². The van der Waals surface area contributed by atoms with Gasteiger partial charge in [-0.25, -0.2) is 4.68 Å². The number of likely N-dealkylation sites (N-methyl/N-ethyl adjacent to an activating group) is 1. The average Bonchev–Trinajstić information content (AvgIpc) is 3.28. The van der Waals surface area contributed by atoms with E-state index in [0.29, 0.717) is 0 Å². The Kier molecular flexibility index (Phi) is 6.96. The van der Waals surface area contributed by atoms with Crippen molar-refractivity contribution in [2.75, 3.05) is 32.7 Å². The standard InChI is InChI=1S/C17H28N6S.ClH/c1-5-17(3,4)23-16(18-19-20-23)15(14-8-7-13-24-14)22-11-9-21(6-2)10-12-22;/h7-8,13,15H,5-6,9-12H2,1-4H3;1H. The first-order valence-corrected chi connectivity index (χ1v) is 9.73. The van der Waals surface area contributed by atoms with Gasteiger partial charge in [0.1, 0.15) is 6.04 Å². The molecule has 1 saturated heterocycles. The second-order valence-corrected chi connectivity index (χ2v) is 7.98. The third-order valence-corrected chi connectivity index (χ3v) is 6.13. The summed E-state index contributed by atoms with van der Waals surface area (Å²) in [5, 5.41) is 15.0. The fourth-order valence-electron chi connectivity index (χ4n) is 3.20. The van der Waals surface area contributed by atoms with Crippen LogP contribution in [0.25, 0.3) is 0 Å². The molecule has 6 nitrogen and oxygen atoms in total. The van der Waals surface area contributed by atoms with E-state index < -0.39 is 0 Å². The number of thiophene rings is 1. The molecule has 25 heavy (non-hydrogen) atoms. The minimum atomic E-state index is -0.0837. The summed E-state index contributed by atoms with van der Waals surface area (Å²) in [6.45, 7) is 14.3. The van der Waals surface area contributed by atoms with Crippen molar-refractivity contribution in [3.05, 3.63) is 28.2 Å². The Labute approximate surface area is 160 Å². The molecule has 2 aromatic rings. The molecule has 0 aliphatic carbocycles. The lowest BCUT2D eigenvalue weighted by Gasteiger charge is -2.38. The number of hydrogen-bond acceptors (Lipinski definition) is 6. The molecule has 1 atom stereocenters. The molecule has 0 aromatic carbocycles. The van der Waals surface area contributed by atoms with Crippen molar-refractivity contribution in [2.45, 2.75) is 45.7 Å². The van der Waals surface area contributed by atoms with Gasteiger partial charge in [0.05, 0.1) is 5.54 Å². The fraction of sp³-hybridized carbons (Fsp3) is 0.706. The quantitative estimate of drug-likeness (QED) is 0.766. The highest BCUT2D eigenvalue weighted by Crippen LogP contribution is 2.33. The molecule has 0 spiro atoms. The summed E-state index contributed by atoms with van der Waals surface area (Å²) in [5.74, 6) is 0.967. The minimum absolute atomic E-state index is 0. The zero-order chi connectivity index (χ0) is 17.2. The summed E-state index contributed by atoms with van der Waals surface area (Å²) in [6.07, 6.45) is 0.992. The molecule has 0 bridgehead atoms. The monoisotopic (exact) mass is 384 g/mol. The molecule has 1 unspecified atom stereocenters. The Bertz CT molecular complexity index is 633. The highest BCUT2D eigenvalue weighted by Gasteiger charge is 2.34. The Balaban J connectivity index is 0.00000225. The molecule has 0 saturated carbocycles. The van der Waals surface area contributed by atoms with Crippen LogP contribution in [0.1, 0.15) is 50.9 Å². The SMILES string of the molecule is CCN1CCN(C(c2cccs2)c2nnnn2C(C)(C)CC)CC1.Cl. The van der Waals surface area contributed by atoms with Crippen molar-refractivity contribution in [2.24, 2.45) is 0 Å². The number of halogens is 1. The molecular formula is C17H29ClN6S. The van der Waals surface area contributed by atoms with Crippen molar-refractivity contribution in [3.8, 4) is 0 Å². The van der Waals surface area contributed by atoms with Gasteiger partial charge in [-0.15, -0.1) is 28.8 Å². The summed E-state index contributed by atoms with van der Waals surface area (Å²) in [4.78, 5) is 6.36. The molecule has 1 aliphatic heterocycles. The Morgan fingerprint density at radius 2 is 1.92 bits per heavy atom. The van der Waals surface area contributed by atoms with Crippen molar-refractivity contribution in [3.63, 3.8) is 0 Å². The molecule has 140 valence electrons. The fourth-order valence-corrected chi connectivity index (χ4v) is 4.06. The third-order valence-electron chi connectivity index (χ3n) is 5.21. The second-order valence-electron chi connectivity index (χ2n) is 7.00. The van der Waals surface area contributed by atoms with Crippen LogP contribution < -0.4 is 0 Å². The maximum atomic E-state index is 4.45. The number of rotatable bonds is 6. The van der Waals surface area contributed by atoms with E-state index in [1.54, 1.807) is 11.3 Å². The predicted octanol–water partition coefficient (Wildman–Crippen LogP) is 3.03. The summed E-state index contributed by atoms with van der Waals surface area (Å²) >= 11 is 1.79. The molecule has 3 heterocycles. The first kappa shape index (κ1) is 20.3. The highest BCUT2D eigenvalue weighted by molar-refractivity contribution is 7.10. The van der Waals surface area contributed by atoms with Crippen LogP contribution in [-0.2, 0) is 5.54 Å². The van der Waals surface area contributed by atoms with Crippen molar-refractivity contribution in [1.29, 1.82) is 0 Å². The molecule has 1 aliphatic rings. The molecule has 2 aromatic heterocycles. The molecule has 0 N–H and O–H groups in total. The van der Waals surface area contributed by atoms with E-state index in [-0.39, 0.29) is 24.0 Å². The first-order valence-electron chi connectivity index (χ1n) is 8.85. The second kappa shape index (κ2) is 8.58. The summed E-state index contributed by atoms with van der Waals surface area (Å²) in [5.41, 5.74) is -0.0837. The van der Waals surface area contributed by atoms with E-state index in [4.69, 9.17) is 0 Å². The largest absolute Gasteiger partial charge is 0.301 e. The molecular weight excluding hydrogens is 356 g/mol. The zero-order valence-corrected chi connectivity index (χ0v) is 17.2. The molecule has 3 rings (SSSR count). The zero-order valence-electron chi connectivity index (χ0n) is 15.6. The van der Waals surface area contributed by atoms with E-state index in [1.165, 1.54) is 4.88 Å². The topological polar surface area (TPSA) is 50.1 Å². The van der Waals surface area contributed by atoms with Crippen molar-refractivity contribution in [1.82, 2.24) is 30.0 Å². The lowest BCUT2D eigenvalue weighted by Crippen LogP contribution is -2.48. The van der Waals surface area contributed by atoms with Crippen LogP contribution in [0.4, 0.5) is 0 Å². The van der Waals surface area contributed by atoms with Gasteiger partial charge in [0, 0.05) is 31.1 Å². The highest BCUT2D eigenvalue weighted by atomic mass is 35.5. The van der Waals surface area contributed by atoms with Crippen molar-refractivity contribution >= 4 is 23.7 Å². The normalized spacial score (nSPS) is 18.1. The number of aromatic nitrogens is 4. The van der Waals surface area contributed by atoms with Crippen molar-refractivity contribution < 1.29 is 0 Å². The van der Waals surface area contributed by atoms with Gasteiger partial charge in [-0.05, 0) is 48.7 Å². The van der Waals surface area contributed by atoms with Crippen LogP contribution in [0.5, 0.6) is 0 Å². The third kappa shape index (κ3) is 4.22. The lowest BCUT2D eigenvalue weighted by molar-refractivity contribution is 0.106. The average molecular weight is 385 g/mol. The van der Waals surface area contributed by atoms with Gasteiger partial charge in [0.25, 0.3) is 0 Å². The summed E-state index contributed by atoms with van der Waals surface area (Å²) in [7, 11) is 0. The number of piperazine rings is 1. The lowest BCUT2D eigenvalue weighted by atomic mass is 10.0. The van der Waals surface area contributed by atoms with Crippen LogP contribution in [0.3, 0.4) is 0 Å². The van der Waals surface area contributed by atoms with Gasteiger partial charge in [0.15, 0.2) is 5.82 Å². The van der Waals surface area contributed by atoms with E-state index in [1.807, 2.05) is 4.68 Å². The predicted molar refractivity (Wildman–Crippen MR) is 105 cm³/mol. The molecule has 8 heteroatoms. The summed E-state index contributed by atoms with van der Waals surface area (Å²) < 4.78 is 2.03. The van der Waals surface area contributed by atoms with Gasteiger partial charge in [-0.2, -0.15) is 0 Å². The van der Waals surface area contributed by atoms with Gasteiger partial charge in [-0.1, -0.05) is 19.9 Å². The number of hydrogen-bond donors (Lipinski definition) is 0. The smallest absolute Gasteiger partial charge is 0.174 e. The minimum Gasteiger partial charge on any atom is -0.301 e. The van der Waals surface area contributed by atoms with E-state index in [0.717, 1.165) is 45.0 Å². The molecule has 0 amide bonds. The van der Waals surface area contributed by atoms with E-state index >= 15 is 0 Å². The van der Waals surface area contributed by atoms with E-state index in [9.17, 15) is 0 Å². The van der Waals surface area contributed by atoms with Crippen LogP contribution in [0.15, 0.2) is 17.5 Å². The van der Waals surface area contributed by atoms with Gasteiger partial charge < -0.3 is 4.90 Å². The number of tetrazole rings is 1. The maximum absolute atomic E-state index is 4.45. The van der Waals surface area contributed by atoms with Gasteiger partial charge >= 0.3 is 0 Å². The summed E-state index contributed by atoms with van der Waals surface area (Å²) in [6, 6.07) is 4.47. The number of nitrogens with zero attached hydrogens (tertiary/aromatic N) is 6. The van der Waals surface area contributed by atoms with Crippen LogP contribution in [0.2, 0.25) is 0 Å².